The fourth-order valence-corrected chi connectivity index (χ4v) is 1.63. The lowest BCUT2D eigenvalue weighted by Crippen LogP contribution is -1.97. The third-order valence-electron chi connectivity index (χ3n) is 2.49. The Hall–Kier alpha value is -2.36. The normalized spacial score (nSPS) is 10.6. The molecule has 0 radical (unpaired) electrons. The summed E-state index contributed by atoms with van der Waals surface area (Å²) in [6, 6.07) is 9.62. The molecule has 4 heteroatoms. The zero-order valence-electron chi connectivity index (χ0n) is 9.13. The molecule has 0 amide bonds. The maximum Gasteiger partial charge on any atom is 0.140 e. The lowest BCUT2D eigenvalue weighted by molar-refractivity contribution is 0.300. The van der Waals surface area contributed by atoms with Crippen molar-refractivity contribution in [3.8, 4) is 5.75 Å². The Bertz CT molecular complexity index is 619. The van der Waals surface area contributed by atoms with E-state index in [2.05, 4.69) is 15.0 Å². The molecule has 0 fully saturated rings. The Morgan fingerprint density at radius 1 is 1.18 bits per heavy atom. The quantitative estimate of drug-likeness (QED) is 0.745. The number of ether oxygens (including phenoxy) is 1. The number of hydrogen-bond donors (Lipinski definition) is 1. The molecular weight excluding hydrogens is 214 g/mol. The summed E-state index contributed by atoms with van der Waals surface area (Å²) in [5.74, 6) is 0.741. The maximum atomic E-state index is 5.62. The van der Waals surface area contributed by atoms with Crippen LogP contribution in [0, 0.1) is 0 Å². The summed E-state index contributed by atoms with van der Waals surface area (Å²) in [6.45, 7) is 0.453. The molecular formula is C13H11N3O. The molecule has 3 heterocycles. The highest BCUT2D eigenvalue weighted by Crippen LogP contribution is 2.17. The number of pyridine rings is 2. The van der Waals surface area contributed by atoms with E-state index in [4.69, 9.17) is 4.74 Å². The van der Waals surface area contributed by atoms with Crippen LogP contribution < -0.4 is 4.74 Å². The van der Waals surface area contributed by atoms with Gasteiger partial charge in [0.15, 0.2) is 0 Å². The highest BCUT2D eigenvalue weighted by molar-refractivity contribution is 5.75. The molecule has 84 valence electrons. The summed E-state index contributed by atoms with van der Waals surface area (Å²) in [5.41, 5.74) is 2.82. The van der Waals surface area contributed by atoms with Crippen LogP contribution in [-0.4, -0.2) is 15.0 Å². The number of fused-ring (bicyclic) bond motifs is 1. The minimum Gasteiger partial charge on any atom is -0.486 e. The second-order valence-electron chi connectivity index (χ2n) is 3.69. The lowest BCUT2D eigenvalue weighted by Gasteiger charge is -2.04. The van der Waals surface area contributed by atoms with Gasteiger partial charge < -0.3 is 9.72 Å². The van der Waals surface area contributed by atoms with Crippen LogP contribution in [0.4, 0.5) is 0 Å². The first-order chi connectivity index (χ1) is 8.42. The number of rotatable bonds is 3. The molecule has 0 aromatic carbocycles. The van der Waals surface area contributed by atoms with Crippen LogP contribution in [0.25, 0.3) is 11.0 Å². The van der Waals surface area contributed by atoms with E-state index in [0.717, 1.165) is 22.5 Å². The predicted molar refractivity (Wildman–Crippen MR) is 64.7 cm³/mol. The van der Waals surface area contributed by atoms with E-state index >= 15 is 0 Å². The van der Waals surface area contributed by atoms with Crippen LogP contribution in [0.5, 0.6) is 5.75 Å². The second kappa shape index (κ2) is 4.25. The van der Waals surface area contributed by atoms with E-state index in [-0.39, 0.29) is 0 Å². The lowest BCUT2D eigenvalue weighted by atomic mass is 10.3. The SMILES string of the molecule is c1ccc(COc2cnc3cc[nH]c3c2)nc1. The fraction of sp³-hybridized carbons (Fsp3) is 0.0769. The molecule has 0 aliphatic heterocycles. The molecule has 17 heavy (non-hydrogen) atoms. The molecule has 1 N–H and O–H groups in total. The Morgan fingerprint density at radius 2 is 2.18 bits per heavy atom. The van der Waals surface area contributed by atoms with E-state index in [0.29, 0.717) is 6.61 Å². The Kier molecular flexibility index (Phi) is 2.46. The van der Waals surface area contributed by atoms with Crippen molar-refractivity contribution in [2.24, 2.45) is 0 Å². The summed E-state index contributed by atoms with van der Waals surface area (Å²) < 4.78 is 5.62. The summed E-state index contributed by atoms with van der Waals surface area (Å²) >= 11 is 0. The molecule has 3 aromatic heterocycles. The standard InChI is InChI=1S/C13H11N3O/c1-2-5-14-10(3-1)9-17-11-7-13-12(16-8-11)4-6-15-13/h1-8,15H,9H2. The van der Waals surface area contributed by atoms with Gasteiger partial charge in [0.1, 0.15) is 12.4 Å². The number of hydrogen-bond acceptors (Lipinski definition) is 3. The van der Waals surface area contributed by atoms with Crippen LogP contribution in [0.15, 0.2) is 48.9 Å². The van der Waals surface area contributed by atoms with Gasteiger partial charge in [-0.2, -0.15) is 0 Å². The van der Waals surface area contributed by atoms with E-state index in [9.17, 15) is 0 Å². The molecule has 0 aliphatic rings. The van der Waals surface area contributed by atoms with Gasteiger partial charge >= 0.3 is 0 Å². The monoisotopic (exact) mass is 225 g/mol. The number of H-pyrrole nitrogens is 1. The van der Waals surface area contributed by atoms with Crippen LogP contribution >= 0.6 is 0 Å². The van der Waals surface area contributed by atoms with E-state index in [1.165, 1.54) is 0 Å². The van der Waals surface area contributed by atoms with Gasteiger partial charge in [0.05, 0.1) is 22.9 Å². The first kappa shape index (κ1) is 9.84. The number of aromatic amines is 1. The third kappa shape index (κ3) is 2.10. The van der Waals surface area contributed by atoms with Gasteiger partial charge in [0.25, 0.3) is 0 Å². The van der Waals surface area contributed by atoms with E-state index < -0.39 is 0 Å². The molecule has 3 rings (SSSR count). The molecule has 4 nitrogen and oxygen atoms in total. The highest BCUT2D eigenvalue weighted by atomic mass is 16.5. The van der Waals surface area contributed by atoms with Gasteiger partial charge in [-0.05, 0) is 18.2 Å². The Morgan fingerprint density at radius 3 is 3.06 bits per heavy atom. The van der Waals surface area contributed by atoms with Gasteiger partial charge in [-0.3, -0.25) is 9.97 Å². The van der Waals surface area contributed by atoms with Crippen LogP contribution in [0.2, 0.25) is 0 Å². The smallest absolute Gasteiger partial charge is 0.140 e. The second-order valence-corrected chi connectivity index (χ2v) is 3.69. The van der Waals surface area contributed by atoms with Crippen LogP contribution in [-0.2, 0) is 6.61 Å². The molecule has 3 aromatic rings. The molecule has 0 unspecified atom stereocenters. The minimum absolute atomic E-state index is 0.453. The first-order valence-electron chi connectivity index (χ1n) is 5.38. The van der Waals surface area contributed by atoms with Gasteiger partial charge in [-0.1, -0.05) is 6.07 Å². The summed E-state index contributed by atoms with van der Waals surface area (Å²) in [6.07, 6.45) is 5.34. The number of nitrogens with zero attached hydrogens (tertiary/aromatic N) is 2. The largest absolute Gasteiger partial charge is 0.486 e. The fourth-order valence-electron chi connectivity index (χ4n) is 1.63. The number of nitrogens with one attached hydrogen (secondary N) is 1. The van der Waals surface area contributed by atoms with Crippen molar-refractivity contribution in [1.29, 1.82) is 0 Å². The molecule has 0 saturated heterocycles. The zero-order chi connectivity index (χ0) is 11.5. The first-order valence-corrected chi connectivity index (χ1v) is 5.38. The summed E-state index contributed by atoms with van der Waals surface area (Å²) in [5, 5.41) is 0. The Labute approximate surface area is 98.3 Å². The highest BCUT2D eigenvalue weighted by Gasteiger charge is 2.00. The summed E-state index contributed by atoms with van der Waals surface area (Å²) in [7, 11) is 0. The molecule has 0 saturated carbocycles. The third-order valence-corrected chi connectivity index (χ3v) is 2.49. The van der Waals surface area contributed by atoms with Crippen molar-refractivity contribution in [2.45, 2.75) is 6.61 Å². The van der Waals surface area contributed by atoms with Gasteiger partial charge in [-0.15, -0.1) is 0 Å². The Balaban J connectivity index is 1.76. The van der Waals surface area contributed by atoms with Crippen LogP contribution in [0.1, 0.15) is 5.69 Å². The van der Waals surface area contributed by atoms with Crippen molar-refractivity contribution in [2.75, 3.05) is 0 Å². The topological polar surface area (TPSA) is 50.8 Å². The molecule has 0 spiro atoms. The van der Waals surface area contributed by atoms with Gasteiger partial charge in [-0.25, -0.2) is 0 Å². The minimum atomic E-state index is 0.453. The van der Waals surface area contributed by atoms with Gasteiger partial charge in [0, 0.05) is 18.5 Å². The molecule has 0 aliphatic carbocycles. The van der Waals surface area contributed by atoms with Crippen molar-refractivity contribution >= 4 is 11.0 Å². The predicted octanol–water partition coefficient (Wildman–Crippen LogP) is 2.54. The van der Waals surface area contributed by atoms with Crippen molar-refractivity contribution in [3.05, 3.63) is 54.6 Å². The molecule has 0 atom stereocenters. The average Bonchev–Trinajstić information content (AvgIpc) is 2.85. The van der Waals surface area contributed by atoms with Crippen LogP contribution in [0.3, 0.4) is 0 Å². The van der Waals surface area contributed by atoms with Crippen molar-refractivity contribution in [1.82, 2.24) is 15.0 Å². The summed E-state index contributed by atoms with van der Waals surface area (Å²) in [4.78, 5) is 11.6. The zero-order valence-corrected chi connectivity index (χ0v) is 9.13. The average molecular weight is 225 g/mol. The van der Waals surface area contributed by atoms with Crippen molar-refractivity contribution in [3.63, 3.8) is 0 Å². The maximum absolute atomic E-state index is 5.62. The van der Waals surface area contributed by atoms with Crippen molar-refractivity contribution < 1.29 is 4.74 Å². The van der Waals surface area contributed by atoms with E-state index in [1.54, 1.807) is 12.4 Å². The van der Waals surface area contributed by atoms with Gasteiger partial charge in [0.2, 0.25) is 0 Å². The number of aromatic nitrogens is 3. The van der Waals surface area contributed by atoms with E-state index in [1.807, 2.05) is 36.5 Å². The molecule has 0 bridgehead atoms.